The van der Waals surface area contributed by atoms with Gasteiger partial charge in [0, 0.05) is 6.04 Å². The predicted octanol–water partition coefficient (Wildman–Crippen LogP) is 2.86. The molecule has 5 heteroatoms. The van der Waals surface area contributed by atoms with E-state index in [1.807, 2.05) is 0 Å². The van der Waals surface area contributed by atoms with Crippen LogP contribution in [0.1, 0.15) is 54.6 Å². The van der Waals surface area contributed by atoms with Gasteiger partial charge in [-0.15, -0.1) is 12.4 Å². The Hall–Kier alpha value is -1.00. The van der Waals surface area contributed by atoms with Gasteiger partial charge in [-0.3, -0.25) is 4.79 Å². The second-order valence-corrected chi connectivity index (χ2v) is 5.88. The summed E-state index contributed by atoms with van der Waals surface area (Å²) in [5.41, 5.74) is 6.06. The van der Waals surface area contributed by atoms with Crippen LogP contribution in [0.5, 0.6) is 0 Å². The second-order valence-electron chi connectivity index (χ2n) is 5.88. The van der Waals surface area contributed by atoms with Gasteiger partial charge in [0.1, 0.15) is 12.0 Å². The van der Waals surface area contributed by atoms with E-state index < -0.39 is 0 Å². The Balaban J connectivity index is 0.00000147. The quantitative estimate of drug-likeness (QED) is 0.898. The number of rotatable bonds is 4. The highest BCUT2D eigenvalue weighted by atomic mass is 35.5. The highest BCUT2D eigenvalue weighted by Gasteiger charge is 2.43. The SMILES string of the molecule is Cl.NCc1cc(C(=O)NC2CC2C2CCCCC2)co1. The number of nitrogens with one attached hydrogen (secondary N) is 1. The molecule has 1 amide bonds. The molecule has 2 fully saturated rings. The molecule has 2 aliphatic rings. The third kappa shape index (κ3) is 3.36. The molecule has 2 atom stereocenters. The van der Waals surface area contributed by atoms with Gasteiger partial charge in [-0.2, -0.15) is 0 Å². The summed E-state index contributed by atoms with van der Waals surface area (Å²) in [7, 11) is 0. The molecule has 2 saturated carbocycles. The second kappa shape index (κ2) is 6.64. The van der Waals surface area contributed by atoms with Crippen molar-refractivity contribution < 1.29 is 9.21 Å². The maximum atomic E-state index is 12.0. The molecule has 2 aliphatic carbocycles. The van der Waals surface area contributed by atoms with Crippen molar-refractivity contribution in [3.63, 3.8) is 0 Å². The molecular formula is C15H23ClN2O2. The summed E-state index contributed by atoms with van der Waals surface area (Å²) >= 11 is 0. The van der Waals surface area contributed by atoms with Crippen molar-refractivity contribution in [1.29, 1.82) is 0 Å². The summed E-state index contributed by atoms with van der Waals surface area (Å²) in [6, 6.07) is 2.11. The minimum absolute atomic E-state index is 0. The number of carbonyl (C=O) groups excluding carboxylic acids is 1. The molecule has 1 heterocycles. The largest absolute Gasteiger partial charge is 0.467 e. The van der Waals surface area contributed by atoms with E-state index in [1.54, 1.807) is 6.07 Å². The van der Waals surface area contributed by atoms with E-state index in [1.165, 1.54) is 38.4 Å². The fourth-order valence-electron chi connectivity index (χ4n) is 3.32. The molecule has 1 aromatic heterocycles. The number of hydrogen-bond acceptors (Lipinski definition) is 3. The molecule has 0 radical (unpaired) electrons. The smallest absolute Gasteiger partial charge is 0.254 e. The Labute approximate surface area is 125 Å². The third-order valence-corrected chi connectivity index (χ3v) is 4.53. The van der Waals surface area contributed by atoms with Gasteiger partial charge in [0.25, 0.3) is 5.91 Å². The van der Waals surface area contributed by atoms with Gasteiger partial charge in [0.15, 0.2) is 0 Å². The van der Waals surface area contributed by atoms with Crippen LogP contribution < -0.4 is 11.1 Å². The van der Waals surface area contributed by atoms with Crippen molar-refractivity contribution in [3.05, 3.63) is 23.7 Å². The number of nitrogens with two attached hydrogens (primary N) is 1. The minimum atomic E-state index is -0.0215. The van der Waals surface area contributed by atoms with Crippen LogP contribution in [0, 0.1) is 11.8 Å². The van der Waals surface area contributed by atoms with Gasteiger partial charge in [0.2, 0.25) is 0 Å². The van der Waals surface area contributed by atoms with E-state index in [9.17, 15) is 4.79 Å². The highest BCUT2D eigenvalue weighted by Crippen LogP contribution is 2.44. The van der Waals surface area contributed by atoms with Gasteiger partial charge in [-0.1, -0.05) is 32.1 Å². The molecule has 0 bridgehead atoms. The monoisotopic (exact) mass is 298 g/mol. The third-order valence-electron chi connectivity index (χ3n) is 4.53. The van der Waals surface area contributed by atoms with Crippen LogP contribution >= 0.6 is 12.4 Å². The Bertz CT molecular complexity index is 454. The number of hydrogen-bond donors (Lipinski definition) is 2. The Morgan fingerprint density at radius 3 is 2.75 bits per heavy atom. The highest BCUT2D eigenvalue weighted by molar-refractivity contribution is 5.94. The lowest BCUT2D eigenvalue weighted by molar-refractivity contribution is 0.0946. The fourth-order valence-corrected chi connectivity index (χ4v) is 3.32. The number of halogens is 1. The molecule has 4 nitrogen and oxygen atoms in total. The van der Waals surface area contributed by atoms with Crippen molar-refractivity contribution >= 4 is 18.3 Å². The topological polar surface area (TPSA) is 68.3 Å². The standard InChI is InChI=1S/C15H22N2O2.ClH/c16-8-12-6-11(9-19-12)15(18)17-14-7-13(14)10-4-2-1-3-5-10;/h6,9-10,13-14H,1-5,7-8,16H2,(H,17,18);1H. The number of furan rings is 1. The maximum absolute atomic E-state index is 12.0. The fraction of sp³-hybridized carbons (Fsp3) is 0.667. The Morgan fingerprint density at radius 2 is 2.10 bits per heavy atom. The average Bonchev–Trinajstić information content (AvgIpc) is 3.04. The Morgan fingerprint density at radius 1 is 1.35 bits per heavy atom. The van der Waals surface area contributed by atoms with Crippen molar-refractivity contribution in [2.24, 2.45) is 17.6 Å². The molecule has 0 aliphatic heterocycles. The number of carbonyl (C=O) groups is 1. The summed E-state index contributed by atoms with van der Waals surface area (Å²) in [6.07, 6.45) is 9.46. The van der Waals surface area contributed by atoms with Gasteiger partial charge < -0.3 is 15.5 Å². The molecule has 112 valence electrons. The van der Waals surface area contributed by atoms with Gasteiger partial charge >= 0.3 is 0 Å². The van der Waals surface area contributed by atoms with Crippen LogP contribution in [-0.2, 0) is 6.54 Å². The normalized spacial score (nSPS) is 25.9. The lowest BCUT2D eigenvalue weighted by atomic mass is 9.85. The maximum Gasteiger partial charge on any atom is 0.254 e. The van der Waals surface area contributed by atoms with Gasteiger partial charge in [0.05, 0.1) is 12.1 Å². The molecule has 3 N–H and O–H groups in total. The van der Waals surface area contributed by atoms with Gasteiger partial charge in [-0.05, 0) is 24.3 Å². The Kier molecular flexibility index (Phi) is 5.11. The lowest BCUT2D eigenvalue weighted by Gasteiger charge is -2.21. The first-order chi connectivity index (χ1) is 9.28. The van der Waals surface area contributed by atoms with Crippen LogP contribution in [0.2, 0.25) is 0 Å². The summed E-state index contributed by atoms with van der Waals surface area (Å²) in [6.45, 7) is 0.335. The van der Waals surface area contributed by atoms with Gasteiger partial charge in [-0.25, -0.2) is 0 Å². The van der Waals surface area contributed by atoms with E-state index in [-0.39, 0.29) is 18.3 Å². The van der Waals surface area contributed by atoms with E-state index in [4.69, 9.17) is 10.2 Å². The molecular weight excluding hydrogens is 276 g/mol. The van der Waals surface area contributed by atoms with Crippen molar-refractivity contribution in [1.82, 2.24) is 5.32 Å². The van der Waals surface area contributed by atoms with Crippen LogP contribution in [-0.4, -0.2) is 11.9 Å². The van der Waals surface area contributed by atoms with E-state index in [2.05, 4.69) is 5.32 Å². The van der Waals surface area contributed by atoms with E-state index in [0.29, 0.717) is 29.8 Å². The summed E-state index contributed by atoms with van der Waals surface area (Å²) < 4.78 is 5.19. The van der Waals surface area contributed by atoms with Crippen LogP contribution in [0.15, 0.2) is 16.7 Å². The van der Waals surface area contributed by atoms with Crippen LogP contribution in [0.25, 0.3) is 0 Å². The zero-order chi connectivity index (χ0) is 13.2. The molecule has 3 rings (SSSR count). The van der Waals surface area contributed by atoms with E-state index in [0.717, 1.165) is 12.3 Å². The first kappa shape index (κ1) is 15.4. The van der Waals surface area contributed by atoms with Crippen molar-refractivity contribution in [2.75, 3.05) is 0 Å². The van der Waals surface area contributed by atoms with Crippen molar-refractivity contribution in [2.45, 2.75) is 51.1 Å². The average molecular weight is 299 g/mol. The molecule has 1 aromatic rings. The van der Waals surface area contributed by atoms with E-state index >= 15 is 0 Å². The zero-order valence-corrected chi connectivity index (χ0v) is 12.5. The molecule has 0 aromatic carbocycles. The van der Waals surface area contributed by atoms with Crippen LogP contribution in [0.4, 0.5) is 0 Å². The zero-order valence-electron chi connectivity index (χ0n) is 11.6. The first-order valence-corrected chi connectivity index (χ1v) is 7.36. The van der Waals surface area contributed by atoms with Crippen LogP contribution in [0.3, 0.4) is 0 Å². The molecule has 20 heavy (non-hydrogen) atoms. The molecule has 0 spiro atoms. The molecule has 0 saturated heterocycles. The molecule has 2 unspecified atom stereocenters. The van der Waals surface area contributed by atoms with Crippen molar-refractivity contribution in [3.8, 4) is 0 Å². The number of amides is 1. The predicted molar refractivity (Wildman–Crippen MR) is 79.8 cm³/mol. The first-order valence-electron chi connectivity index (χ1n) is 7.36. The minimum Gasteiger partial charge on any atom is -0.467 e. The summed E-state index contributed by atoms with van der Waals surface area (Å²) in [4.78, 5) is 12.0. The summed E-state index contributed by atoms with van der Waals surface area (Å²) in [5, 5.41) is 3.12. The summed E-state index contributed by atoms with van der Waals surface area (Å²) in [5.74, 6) is 2.18. The lowest BCUT2D eigenvalue weighted by Crippen LogP contribution is -2.28.